The molecule has 0 aliphatic rings. The lowest BCUT2D eigenvalue weighted by molar-refractivity contribution is -0.354. The Balaban J connectivity index is 4.87. The largest absolute Gasteiger partial charge is 0.616 e. The second-order valence-corrected chi connectivity index (χ2v) is 2.77. The van der Waals surface area contributed by atoms with Gasteiger partial charge in [0.25, 0.3) is 0 Å². The van der Waals surface area contributed by atoms with Crippen LogP contribution in [0.3, 0.4) is 0 Å². The molecule has 1 N–H and O–H groups in total. The molecule has 0 aromatic carbocycles. The number of carbonyl (C=O) groups excluding carboxylic acids is 1. The average molecular weight is 230 g/mol. The molecule has 6 heteroatoms. The quantitative estimate of drug-likeness (QED) is 0.225. The van der Waals surface area contributed by atoms with Gasteiger partial charge in [0.2, 0.25) is 0 Å². The Hall–Kier alpha value is -1.56. The zero-order chi connectivity index (χ0) is 11.8. The number of esters is 1. The van der Waals surface area contributed by atoms with Crippen molar-refractivity contribution < 1.29 is 19.4 Å². The van der Waals surface area contributed by atoms with E-state index in [-0.39, 0.29) is 10.6 Å². The lowest BCUT2D eigenvalue weighted by atomic mass is 10.3. The molecule has 15 heavy (non-hydrogen) atoms. The summed E-state index contributed by atoms with van der Waals surface area (Å²) in [5.41, 5.74) is -0.322. The second-order valence-electron chi connectivity index (χ2n) is 2.36. The molecule has 0 heterocycles. The van der Waals surface area contributed by atoms with Crippen LogP contribution >= 0.6 is 12.2 Å². The van der Waals surface area contributed by atoms with Crippen LogP contribution in [0.4, 0.5) is 0 Å². The number of hydrogen-bond acceptors (Lipinski definition) is 5. The maximum atomic E-state index is 11.2. The Morgan fingerprint density at radius 1 is 1.53 bits per heavy atom. The van der Waals surface area contributed by atoms with Crippen LogP contribution in [-0.4, -0.2) is 31.7 Å². The number of thiocarbonyl (C=S) groups is 1. The Kier molecular flexibility index (Phi) is 6.12. The second kappa shape index (κ2) is 6.83. The molecule has 0 atom stereocenters. The standard InChI is InChI=1S/C9H13NO4S/c1-4-5-10-7(15)6(8(11)13-2)9(12)14-3/h4,11H,1,5H2,2-3H3,(H,10,15)/p-1/b8-6-. The molecule has 0 amide bonds. The van der Waals surface area contributed by atoms with Crippen LogP contribution in [0.5, 0.6) is 0 Å². The maximum absolute atomic E-state index is 11.2. The SMILES string of the molecule is C=CCNC(=S)/C(C(=O)OC)=C(\[O-])OC. The predicted molar refractivity (Wildman–Crippen MR) is 56.8 cm³/mol. The molecule has 0 radical (unpaired) electrons. The van der Waals surface area contributed by atoms with Gasteiger partial charge in [0.05, 0.1) is 13.1 Å². The van der Waals surface area contributed by atoms with E-state index >= 15 is 0 Å². The highest BCUT2D eigenvalue weighted by atomic mass is 32.1. The maximum Gasteiger partial charge on any atom is 0.342 e. The summed E-state index contributed by atoms with van der Waals surface area (Å²) in [5, 5.41) is 13.8. The highest BCUT2D eigenvalue weighted by Crippen LogP contribution is 2.04. The predicted octanol–water partition coefficient (Wildman–Crippen LogP) is -0.519. The summed E-state index contributed by atoms with van der Waals surface area (Å²) >= 11 is 4.83. The summed E-state index contributed by atoms with van der Waals surface area (Å²) in [4.78, 5) is 11.2. The van der Waals surface area contributed by atoms with E-state index in [1.165, 1.54) is 0 Å². The van der Waals surface area contributed by atoms with E-state index in [4.69, 9.17) is 12.2 Å². The zero-order valence-corrected chi connectivity index (χ0v) is 9.35. The fourth-order valence-corrected chi connectivity index (χ4v) is 0.976. The van der Waals surface area contributed by atoms with Crippen LogP contribution in [0.1, 0.15) is 0 Å². The third-order valence-corrected chi connectivity index (χ3v) is 1.76. The molecule has 0 unspecified atom stereocenters. The third kappa shape index (κ3) is 3.99. The molecule has 84 valence electrons. The molecule has 0 aliphatic heterocycles. The van der Waals surface area contributed by atoms with Crippen molar-refractivity contribution in [1.82, 2.24) is 5.32 Å². The van der Waals surface area contributed by atoms with Gasteiger partial charge in [-0.1, -0.05) is 18.3 Å². The number of hydrogen-bond donors (Lipinski definition) is 1. The summed E-state index contributed by atoms with van der Waals surface area (Å²) in [5.74, 6) is -1.66. The van der Waals surface area contributed by atoms with Gasteiger partial charge in [-0.05, 0) is 7.11 Å². The van der Waals surface area contributed by atoms with Gasteiger partial charge in [0.15, 0.2) is 0 Å². The van der Waals surface area contributed by atoms with Gasteiger partial charge < -0.3 is 19.9 Å². The molecule has 0 aliphatic carbocycles. The lowest BCUT2D eigenvalue weighted by Gasteiger charge is -2.16. The minimum atomic E-state index is -0.830. The van der Waals surface area contributed by atoms with E-state index in [9.17, 15) is 9.90 Å². The molecule has 0 rings (SSSR count). The first kappa shape index (κ1) is 13.4. The van der Waals surface area contributed by atoms with E-state index in [0.29, 0.717) is 6.54 Å². The van der Waals surface area contributed by atoms with Crippen LogP contribution in [0.25, 0.3) is 0 Å². The Bertz CT molecular complexity index is 298. The normalized spacial score (nSPS) is 11.1. The Morgan fingerprint density at radius 2 is 2.13 bits per heavy atom. The van der Waals surface area contributed by atoms with Crippen molar-refractivity contribution in [3.8, 4) is 0 Å². The fraction of sp³-hybridized carbons (Fsp3) is 0.333. The van der Waals surface area contributed by atoms with Crippen molar-refractivity contribution in [3.63, 3.8) is 0 Å². The van der Waals surface area contributed by atoms with E-state index in [1.54, 1.807) is 6.08 Å². The summed E-state index contributed by atoms with van der Waals surface area (Å²) in [6.45, 7) is 3.80. The van der Waals surface area contributed by atoms with Gasteiger partial charge in [-0.15, -0.1) is 6.58 Å². The Labute approximate surface area is 93.4 Å². The first-order valence-corrected chi connectivity index (χ1v) is 4.42. The number of nitrogens with one attached hydrogen (secondary N) is 1. The topological polar surface area (TPSA) is 70.6 Å². The van der Waals surface area contributed by atoms with Crippen LogP contribution in [0.15, 0.2) is 24.2 Å². The molecule has 0 saturated heterocycles. The highest BCUT2D eigenvalue weighted by Gasteiger charge is 2.16. The molecule has 0 bridgehead atoms. The van der Waals surface area contributed by atoms with E-state index in [1.807, 2.05) is 0 Å². The van der Waals surface area contributed by atoms with Crippen molar-refractivity contribution in [2.45, 2.75) is 0 Å². The fourth-order valence-electron chi connectivity index (χ4n) is 0.726. The van der Waals surface area contributed by atoms with Gasteiger partial charge >= 0.3 is 5.97 Å². The van der Waals surface area contributed by atoms with Crippen molar-refractivity contribution in [2.24, 2.45) is 0 Å². The first-order chi connectivity index (χ1) is 7.08. The van der Waals surface area contributed by atoms with Gasteiger partial charge in [0.1, 0.15) is 10.6 Å². The van der Waals surface area contributed by atoms with Gasteiger partial charge in [0, 0.05) is 6.54 Å². The minimum Gasteiger partial charge on any atom is -0.616 e. The van der Waals surface area contributed by atoms with Crippen LogP contribution < -0.4 is 10.4 Å². The summed E-state index contributed by atoms with van der Waals surface area (Å²) in [6.07, 6.45) is 1.54. The zero-order valence-electron chi connectivity index (χ0n) is 8.53. The van der Waals surface area contributed by atoms with Crippen molar-refractivity contribution in [1.29, 1.82) is 0 Å². The molecule has 5 nitrogen and oxygen atoms in total. The van der Waals surface area contributed by atoms with Gasteiger partial charge in [-0.3, -0.25) is 0 Å². The van der Waals surface area contributed by atoms with Crippen LogP contribution in [0, 0.1) is 0 Å². The highest BCUT2D eigenvalue weighted by molar-refractivity contribution is 7.80. The summed E-state index contributed by atoms with van der Waals surface area (Å²) < 4.78 is 8.81. The molecule has 0 aromatic rings. The lowest BCUT2D eigenvalue weighted by Crippen LogP contribution is -2.31. The molecule has 0 saturated carbocycles. The van der Waals surface area contributed by atoms with E-state index < -0.39 is 11.9 Å². The Morgan fingerprint density at radius 3 is 2.53 bits per heavy atom. The number of methoxy groups -OCH3 is 2. The number of rotatable bonds is 5. The van der Waals surface area contributed by atoms with Crippen molar-refractivity contribution >= 4 is 23.2 Å². The van der Waals surface area contributed by atoms with Gasteiger partial charge in [-0.25, -0.2) is 4.79 Å². The molecule has 0 spiro atoms. The van der Waals surface area contributed by atoms with E-state index in [2.05, 4.69) is 21.4 Å². The molecule has 0 aromatic heterocycles. The molecular formula is C9H12NO4S-. The smallest absolute Gasteiger partial charge is 0.342 e. The summed E-state index contributed by atoms with van der Waals surface area (Å²) in [7, 11) is 2.31. The van der Waals surface area contributed by atoms with Crippen molar-refractivity contribution in [2.75, 3.05) is 20.8 Å². The number of ether oxygens (including phenoxy) is 2. The van der Waals surface area contributed by atoms with Crippen molar-refractivity contribution in [3.05, 3.63) is 24.2 Å². The molecular weight excluding hydrogens is 218 g/mol. The van der Waals surface area contributed by atoms with Gasteiger partial charge in [-0.2, -0.15) is 0 Å². The third-order valence-electron chi connectivity index (χ3n) is 1.41. The van der Waals surface area contributed by atoms with Crippen LogP contribution in [0.2, 0.25) is 0 Å². The first-order valence-electron chi connectivity index (χ1n) is 4.01. The monoisotopic (exact) mass is 230 g/mol. The van der Waals surface area contributed by atoms with Crippen LogP contribution in [-0.2, 0) is 14.3 Å². The number of carbonyl (C=O) groups is 1. The minimum absolute atomic E-state index is 0.0198. The van der Waals surface area contributed by atoms with E-state index in [0.717, 1.165) is 14.2 Å². The summed E-state index contributed by atoms with van der Waals surface area (Å²) in [6, 6.07) is 0. The average Bonchev–Trinajstić information content (AvgIpc) is 2.25. The molecule has 0 fully saturated rings.